The molecule has 0 amide bonds. The summed E-state index contributed by atoms with van der Waals surface area (Å²) >= 11 is 0. The van der Waals surface area contributed by atoms with Crippen molar-refractivity contribution in [1.82, 2.24) is 9.88 Å². The van der Waals surface area contributed by atoms with E-state index in [2.05, 4.69) is 26.9 Å². The van der Waals surface area contributed by atoms with Crippen molar-refractivity contribution in [1.29, 1.82) is 0 Å². The quantitative estimate of drug-likeness (QED) is 0.695. The van der Waals surface area contributed by atoms with Crippen molar-refractivity contribution in [3.05, 3.63) is 47.9 Å². The Labute approximate surface area is 158 Å². The normalized spacial score (nSPS) is 21.8. The molecule has 2 saturated heterocycles. The van der Waals surface area contributed by atoms with Gasteiger partial charge in [0.2, 0.25) is 0 Å². The Morgan fingerprint density at radius 1 is 0.963 bits per heavy atom. The Morgan fingerprint density at radius 3 is 2.67 bits per heavy atom. The maximum atomic E-state index is 6.07. The van der Waals surface area contributed by atoms with E-state index in [1.807, 2.05) is 24.3 Å². The van der Waals surface area contributed by atoms with Crippen molar-refractivity contribution in [2.24, 2.45) is 0 Å². The van der Waals surface area contributed by atoms with Crippen molar-refractivity contribution in [3.8, 4) is 0 Å². The molecule has 2 aliphatic heterocycles. The molecule has 0 unspecified atom stereocenters. The minimum atomic E-state index is 0.142. The van der Waals surface area contributed by atoms with Gasteiger partial charge in [-0.2, -0.15) is 4.98 Å². The van der Waals surface area contributed by atoms with E-state index < -0.39 is 0 Å². The number of hydrogen-bond acceptors (Lipinski definition) is 6. The standard InChI is InChI=1S/C21H25N3O3/c1-2-6-18-17(5-1)22-21(27-18)24-12-10-23(11-13-24)15-16-8-9-20(26-16)19-7-3-4-14-25-19/h1-2,5-6,8-9,19H,3-4,7,10-15H2/t19-/m1/s1. The van der Waals surface area contributed by atoms with Gasteiger partial charge >= 0.3 is 0 Å². The molecule has 5 rings (SSSR count). The molecule has 6 heteroatoms. The zero-order chi connectivity index (χ0) is 18.1. The third kappa shape index (κ3) is 3.59. The number of rotatable bonds is 4. The summed E-state index contributed by atoms with van der Waals surface area (Å²) in [5, 5.41) is 0. The zero-order valence-electron chi connectivity index (χ0n) is 15.5. The van der Waals surface area contributed by atoms with E-state index >= 15 is 0 Å². The van der Waals surface area contributed by atoms with Gasteiger partial charge in [0, 0.05) is 32.8 Å². The lowest BCUT2D eigenvalue weighted by Crippen LogP contribution is -2.46. The Morgan fingerprint density at radius 2 is 1.85 bits per heavy atom. The number of oxazole rings is 1. The summed E-state index contributed by atoms with van der Waals surface area (Å²) in [6.07, 6.45) is 3.59. The SMILES string of the molecule is c1ccc2oc(N3CCN(Cc4ccc([C@H]5CCCCO5)o4)CC3)nc2c1. The van der Waals surface area contributed by atoms with Crippen LogP contribution < -0.4 is 4.90 Å². The van der Waals surface area contributed by atoms with E-state index in [9.17, 15) is 0 Å². The van der Waals surface area contributed by atoms with E-state index in [1.54, 1.807) is 0 Å². The number of benzene rings is 1. The first-order valence-corrected chi connectivity index (χ1v) is 9.88. The molecule has 4 heterocycles. The number of aromatic nitrogens is 1. The molecule has 1 atom stereocenters. The van der Waals surface area contributed by atoms with Crippen molar-refractivity contribution in [3.63, 3.8) is 0 Å². The van der Waals surface area contributed by atoms with Crippen LogP contribution in [0.25, 0.3) is 11.1 Å². The zero-order valence-corrected chi connectivity index (χ0v) is 15.5. The molecule has 2 fully saturated rings. The summed E-state index contributed by atoms with van der Waals surface area (Å²) in [6.45, 7) is 5.44. The first-order valence-electron chi connectivity index (χ1n) is 9.88. The molecule has 1 aromatic carbocycles. The van der Waals surface area contributed by atoms with Gasteiger partial charge in [0.1, 0.15) is 23.1 Å². The van der Waals surface area contributed by atoms with Crippen molar-refractivity contribution >= 4 is 17.1 Å². The van der Waals surface area contributed by atoms with Crippen LogP contribution in [0.15, 0.2) is 45.2 Å². The summed E-state index contributed by atoms with van der Waals surface area (Å²) in [5.74, 6) is 2.00. The molecular formula is C21H25N3O3. The lowest BCUT2D eigenvalue weighted by atomic mass is 10.1. The van der Waals surface area contributed by atoms with Gasteiger partial charge in [0.25, 0.3) is 6.01 Å². The average Bonchev–Trinajstić information content (AvgIpc) is 3.36. The molecule has 0 radical (unpaired) electrons. The van der Waals surface area contributed by atoms with Gasteiger partial charge in [-0.25, -0.2) is 0 Å². The maximum absolute atomic E-state index is 6.07. The van der Waals surface area contributed by atoms with Crippen LogP contribution in [0.1, 0.15) is 36.9 Å². The van der Waals surface area contributed by atoms with E-state index in [1.165, 1.54) is 6.42 Å². The van der Waals surface area contributed by atoms with Crippen LogP contribution in [0.2, 0.25) is 0 Å². The van der Waals surface area contributed by atoms with Crippen LogP contribution in [-0.4, -0.2) is 42.7 Å². The molecule has 2 aliphatic rings. The highest BCUT2D eigenvalue weighted by Crippen LogP contribution is 2.29. The van der Waals surface area contributed by atoms with E-state index in [0.717, 1.165) is 80.8 Å². The highest BCUT2D eigenvalue weighted by atomic mass is 16.5. The lowest BCUT2D eigenvalue weighted by Gasteiger charge is -2.33. The number of furan rings is 1. The van der Waals surface area contributed by atoms with Crippen LogP contribution in [0.4, 0.5) is 6.01 Å². The fourth-order valence-corrected chi connectivity index (χ4v) is 3.93. The Hall–Kier alpha value is -2.31. The number of hydrogen-bond donors (Lipinski definition) is 0. The molecule has 0 spiro atoms. The van der Waals surface area contributed by atoms with Gasteiger partial charge in [0.15, 0.2) is 5.58 Å². The average molecular weight is 367 g/mol. The van der Waals surface area contributed by atoms with Gasteiger partial charge in [0.05, 0.1) is 6.54 Å². The molecule has 27 heavy (non-hydrogen) atoms. The minimum absolute atomic E-state index is 0.142. The van der Waals surface area contributed by atoms with Crippen LogP contribution >= 0.6 is 0 Å². The summed E-state index contributed by atoms with van der Waals surface area (Å²) in [4.78, 5) is 9.25. The number of ether oxygens (including phenoxy) is 1. The fraction of sp³-hybridized carbons (Fsp3) is 0.476. The van der Waals surface area contributed by atoms with Crippen LogP contribution in [-0.2, 0) is 11.3 Å². The van der Waals surface area contributed by atoms with Crippen LogP contribution in [0, 0.1) is 0 Å². The van der Waals surface area contributed by atoms with Crippen molar-refractivity contribution < 1.29 is 13.6 Å². The Balaban J connectivity index is 1.18. The maximum Gasteiger partial charge on any atom is 0.298 e. The number of nitrogens with zero attached hydrogens (tertiary/aromatic N) is 3. The van der Waals surface area contributed by atoms with Crippen LogP contribution in [0.5, 0.6) is 0 Å². The molecule has 0 saturated carbocycles. The predicted octanol–water partition coefficient (Wildman–Crippen LogP) is 3.98. The van der Waals surface area contributed by atoms with Gasteiger partial charge in [-0.1, -0.05) is 12.1 Å². The molecule has 3 aromatic rings. The second-order valence-corrected chi connectivity index (χ2v) is 7.39. The first-order chi connectivity index (χ1) is 13.3. The number of piperazine rings is 1. The molecular weight excluding hydrogens is 342 g/mol. The predicted molar refractivity (Wildman–Crippen MR) is 103 cm³/mol. The minimum Gasteiger partial charge on any atom is -0.462 e. The highest BCUT2D eigenvalue weighted by Gasteiger charge is 2.23. The van der Waals surface area contributed by atoms with E-state index in [-0.39, 0.29) is 6.10 Å². The van der Waals surface area contributed by atoms with Crippen molar-refractivity contribution in [2.45, 2.75) is 31.9 Å². The third-order valence-corrected chi connectivity index (χ3v) is 5.48. The van der Waals surface area contributed by atoms with E-state index in [0.29, 0.717) is 0 Å². The molecule has 2 aromatic heterocycles. The Bertz CT molecular complexity index is 856. The molecule has 0 N–H and O–H groups in total. The van der Waals surface area contributed by atoms with E-state index in [4.69, 9.17) is 13.6 Å². The summed E-state index contributed by atoms with van der Waals surface area (Å²) < 4.78 is 17.8. The molecule has 6 nitrogen and oxygen atoms in total. The fourth-order valence-electron chi connectivity index (χ4n) is 3.93. The highest BCUT2D eigenvalue weighted by molar-refractivity contribution is 5.74. The van der Waals surface area contributed by atoms with Gasteiger partial charge in [-0.15, -0.1) is 0 Å². The van der Waals surface area contributed by atoms with Gasteiger partial charge in [-0.3, -0.25) is 4.90 Å². The second-order valence-electron chi connectivity index (χ2n) is 7.39. The van der Waals surface area contributed by atoms with Crippen LogP contribution in [0.3, 0.4) is 0 Å². The van der Waals surface area contributed by atoms with Gasteiger partial charge < -0.3 is 18.5 Å². The largest absolute Gasteiger partial charge is 0.462 e. The van der Waals surface area contributed by atoms with Gasteiger partial charge in [-0.05, 0) is 43.5 Å². The lowest BCUT2D eigenvalue weighted by molar-refractivity contribution is 0.000830. The summed E-state index contributed by atoms with van der Waals surface area (Å²) in [7, 11) is 0. The molecule has 0 bridgehead atoms. The molecule has 0 aliphatic carbocycles. The topological polar surface area (TPSA) is 54.9 Å². The smallest absolute Gasteiger partial charge is 0.298 e. The third-order valence-electron chi connectivity index (χ3n) is 5.48. The number of fused-ring (bicyclic) bond motifs is 1. The van der Waals surface area contributed by atoms with Crippen molar-refractivity contribution in [2.75, 3.05) is 37.7 Å². The first kappa shape index (κ1) is 16.8. The second kappa shape index (κ2) is 7.37. The summed E-state index contributed by atoms with van der Waals surface area (Å²) in [6, 6.07) is 12.8. The number of para-hydroxylation sites is 2. The Kier molecular flexibility index (Phi) is 4.59. The monoisotopic (exact) mass is 367 g/mol. The number of anilines is 1. The summed E-state index contributed by atoms with van der Waals surface area (Å²) in [5.41, 5.74) is 1.77. The molecule has 142 valence electrons.